The molecule has 126 valence electrons. The number of amides is 1. The van der Waals surface area contributed by atoms with Gasteiger partial charge in [0.15, 0.2) is 0 Å². The number of nitro benzene ring substituents is 1. The van der Waals surface area contributed by atoms with Gasteiger partial charge in [0.05, 0.1) is 10.6 Å². The van der Waals surface area contributed by atoms with Crippen molar-refractivity contribution in [2.75, 3.05) is 0 Å². The van der Waals surface area contributed by atoms with Crippen molar-refractivity contribution >= 4 is 17.7 Å². The van der Waals surface area contributed by atoms with Gasteiger partial charge in [0.2, 0.25) is 5.91 Å². The van der Waals surface area contributed by atoms with E-state index in [0.29, 0.717) is 0 Å². The highest BCUT2D eigenvalue weighted by Crippen LogP contribution is 2.22. The highest BCUT2D eigenvalue weighted by Gasteiger charge is 2.11. The molecular formula is C16H18N4O4. The molecule has 0 saturated carbocycles. The Bertz CT molecular complexity index is 824. The molecule has 1 aromatic carbocycles. The number of carbonyl (C=O) groups is 1. The molecule has 0 bridgehead atoms. The fraction of sp³-hybridized carbons (Fsp3) is 0.250. The van der Waals surface area contributed by atoms with Crippen LogP contribution in [0.25, 0.3) is 6.08 Å². The maximum absolute atomic E-state index is 11.9. The zero-order chi connectivity index (χ0) is 17.9. The van der Waals surface area contributed by atoms with Gasteiger partial charge in [0.25, 0.3) is 5.69 Å². The molecule has 1 amide bonds. The summed E-state index contributed by atoms with van der Waals surface area (Å²) in [6, 6.07) is 3.67. The summed E-state index contributed by atoms with van der Waals surface area (Å²) in [4.78, 5) is 22.1. The smallest absolute Gasteiger partial charge is 0.270 e. The van der Waals surface area contributed by atoms with Gasteiger partial charge in [0, 0.05) is 48.6 Å². The van der Waals surface area contributed by atoms with Gasteiger partial charge in [-0.25, -0.2) is 0 Å². The average molecular weight is 330 g/mol. The van der Waals surface area contributed by atoms with Crippen molar-refractivity contribution in [1.82, 2.24) is 15.1 Å². The maximum Gasteiger partial charge on any atom is 0.270 e. The van der Waals surface area contributed by atoms with Crippen LogP contribution in [0.2, 0.25) is 0 Å². The van der Waals surface area contributed by atoms with E-state index in [4.69, 9.17) is 0 Å². The number of aromatic nitrogens is 2. The molecule has 2 aromatic rings. The topological polar surface area (TPSA) is 110 Å². The van der Waals surface area contributed by atoms with Crippen LogP contribution in [0.15, 0.2) is 24.3 Å². The minimum Gasteiger partial charge on any atom is -0.508 e. The van der Waals surface area contributed by atoms with E-state index >= 15 is 0 Å². The van der Waals surface area contributed by atoms with Gasteiger partial charge in [-0.3, -0.25) is 19.6 Å². The second-order valence-electron chi connectivity index (χ2n) is 5.33. The lowest BCUT2D eigenvalue weighted by Crippen LogP contribution is -2.20. The predicted octanol–water partition coefficient (Wildman–Crippen LogP) is 1.98. The van der Waals surface area contributed by atoms with Crippen molar-refractivity contribution in [3.63, 3.8) is 0 Å². The third-order valence-corrected chi connectivity index (χ3v) is 3.69. The molecule has 0 fully saturated rings. The number of hydrogen-bond acceptors (Lipinski definition) is 5. The number of nitrogens with zero attached hydrogens (tertiary/aromatic N) is 3. The summed E-state index contributed by atoms with van der Waals surface area (Å²) in [5, 5.41) is 27.3. The summed E-state index contributed by atoms with van der Waals surface area (Å²) >= 11 is 0. The third-order valence-electron chi connectivity index (χ3n) is 3.69. The Morgan fingerprint density at radius 3 is 2.75 bits per heavy atom. The normalized spacial score (nSPS) is 11.0. The van der Waals surface area contributed by atoms with E-state index in [-0.39, 0.29) is 29.5 Å². The van der Waals surface area contributed by atoms with Crippen molar-refractivity contribution in [3.05, 3.63) is 56.9 Å². The van der Waals surface area contributed by atoms with Crippen LogP contribution in [0, 0.1) is 24.0 Å². The molecular weight excluding hydrogens is 312 g/mol. The molecule has 0 aliphatic carbocycles. The largest absolute Gasteiger partial charge is 0.508 e. The Morgan fingerprint density at radius 2 is 2.17 bits per heavy atom. The first kappa shape index (κ1) is 17.2. The first-order valence-electron chi connectivity index (χ1n) is 7.22. The first-order valence-corrected chi connectivity index (χ1v) is 7.22. The number of phenolic OH excluding ortho intramolecular Hbond substituents is 1. The molecule has 8 heteroatoms. The van der Waals surface area contributed by atoms with E-state index in [9.17, 15) is 20.0 Å². The highest BCUT2D eigenvalue weighted by molar-refractivity contribution is 5.92. The number of nitrogens with one attached hydrogen (secondary N) is 1. The van der Waals surface area contributed by atoms with Crippen molar-refractivity contribution in [2.24, 2.45) is 7.05 Å². The van der Waals surface area contributed by atoms with Gasteiger partial charge < -0.3 is 10.4 Å². The van der Waals surface area contributed by atoms with Crippen LogP contribution in [0.4, 0.5) is 5.69 Å². The summed E-state index contributed by atoms with van der Waals surface area (Å²) < 4.78 is 1.73. The highest BCUT2D eigenvalue weighted by atomic mass is 16.6. The minimum absolute atomic E-state index is 0.0122. The number of aryl methyl sites for hydroxylation is 2. The summed E-state index contributed by atoms with van der Waals surface area (Å²) in [5.41, 5.74) is 2.75. The van der Waals surface area contributed by atoms with Gasteiger partial charge >= 0.3 is 0 Å². The summed E-state index contributed by atoms with van der Waals surface area (Å²) in [6.07, 6.45) is 3.03. The molecule has 0 unspecified atom stereocenters. The Labute approximate surface area is 138 Å². The molecule has 0 radical (unpaired) electrons. The van der Waals surface area contributed by atoms with Gasteiger partial charge in [-0.1, -0.05) is 0 Å². The van der Waals surface area contributed by atoms with Crippen LogP contribution < -0.4 is 5.32 Å². The number of hydrogen-bond donors (Lipinski definition) is 2. The second kappa shape index (κ2) is 6.95. The van der Waals surface area contributed by atoms with Crippen LogP contribution in [0.3, 0.4) is 0 Å². The minimum atomic E-state index is -0.557. The van der Waals surface area contributed by atoms with E-state index in [2.05, 4.69) is 10.4 Å². The molecule has 0 aliphatic rings. The van der Waals surface area contributed by atoms with E-state index in [1.54, 1.807) is 10.8 Å². The molecule has 2 N–H and O–H groups in total. The summed E-state index contributed by atoms with van der Waals surface area (Å²) in [7, 11) is 1.82. The number of rotatable bonds is 5. The van der Waals surface area contributed by atoms with Crippen molar-refractivity contribution < 1.29 is 14.8 Å². The van der Waals surface area contributed by atoms with Crippen molar-refractivity contribution in [3.8, 4) is 5.75 Å². The molecule has 24 heavy (non-hydrogen) atoms. The van der Waals surface area contributed by atoms with Crippen LogP contribution in [0.1, 0.15) is 22.5 Å². The number of carbonyl (C=O) groups excluding carboxylic acids is 1. The van der Waals surface area contributed by atoms with Gasteiger partial charge in [-0.05, 0) is 26.0 Å². The molecule has 0 saturated heterocycles. The number of non-ortho nitro benzene ring substituents is 1. The molecule has 1 heterocycles. The Morgan fingerprint density at radius 1 is 1.46 bits per heavy atom. The molecule has 8 nitrogen and oxygen atoms in total. The zero-order valence-corrected chi connectivity index (χ0v) is 13.6. The van der Waals surface area contributed by atoms with Gasteiger partial charge in [-0.2, -0.15) is 5.10 Å². The maximum atomic E-state index is 11.9. The van der Waals surface area contributed by atoms with Crippen LogP contribution in [0.5, 0.6) is 5.75 Å². The molecule has 2 rings (SSSR count). The monoisotopic (exact) mass is 330 g/mol. The quantitative estimate of drug-likeness (QED) is 0.495. The SMILES string of the molecule is Cc1nn(C)c(C)c1/C=C/C(=O)NCc1cc([N+](=O)[O-])ccc1O. The average Bonchev–Trinajstić information content (AvgIpc) is 2.77. The van der Waals surface area contributed by atoms with Crippen LogP contribution in [-0.4, -0.2) is 25.7 Å². The van der Waals surface area contributed by atoms with Gasteiger partial charge in [0.1, 0.15) is 5.75 Å². The number of benzene rings is 1. The molecule has 1 aromatic heterocycles. The van der Waals surface area contributed by atoms with Crippen LogP contribution in [-0.2, 0) is 18.4 Å². The lowest BCUT2D eigenvalue weighted by Gasteiger charge is -2.05. The standard InChI is InChI=1S/C16H18N4O4/c1-10-14(11(2)19(3)18-10)5-7-16(22)17-9-12-8-13(20(23)24)4-6-15(12)21/h4-8,21H,9H2,1-3H3,(H,17,22)/b7-5+. The Hall–Kier alpha value is -3.16. The second-order valence-corrected chi connectivity index (χ2v) is 5.33. The predicted molar refractivity (Wildman–Crippen MR) is 88.3 cm³/mol. The zero-order valence-electron chi connectivity index (χ0n) is 13.6. The third kappa shape index (κ3) is 3.78. The fourth-order valence-electron chi connectivity index (χ4n) is 2.26. The van der Waals surface area contributed by atoms with Crippen molar-refractivity contribution in [1.29, 1.82) is 0 Å². The molecule has 0 spiro atoms. The summed E-state index contributed by atoms with van der Waals surface area (Å²) in [6.45, 7) is 3.74. The Balaban J connectivity index is 2.05. The van der Waals surface area contributed by atoms with E-state index in [0.717, 1.165) is 17.0 Å². The summed E-state index contributed by atoms with van der Waals surface area (Å²) in [5.74, 6) is -0.479. The first-order chi connectivity index (χ1) is 11.3. The van der Waals surface area contributed by atoms with E-state index in [1.807, 2.05) is 20.9 Å². The molecule has 0 aliphatic heterocycles. The van der Waals surface area contributed by atoms with Crippen LogP contribution >= 0.6 is 0 Å². The number of aromatic hydroxyl groups is 1. The fourth-order valence-corrected chi connectivity index (χ4v) is 2.26. The van der Waals surface area contributed by atoms with Gasteiger partial charge in [-0.15, -0.1) is 0 Å². The van der Waals surface area contributed by atoms with E-state index < -0.39 is 4.92 Å². The Kier molecular flexibility index (Phi) is 4.98. The van der Waals surface area contributed by atoms with E-state index in [1.165, 1.54) is 24.3 Å². The number of phenols is 1. The lowest BCUT2D eigenvalue weighted by molar-refractivity contribution is -0.384. The van der Waals surface area contributed by atoms with Crippen molar-refractivity contribution in [2.45, 2.75) is 20.4 Å². The lowest BCUT2D eigenvalue weighted by atomic mass is 10.1. The number of nitro groups is 1. The molecule has 0 atom stereocenters.